The molecule has 1 saturated heterocycles. The molecular formula is C22H28N4O4S. The molecule has 0 spiro atoms. The highest BCUT2D eigenvalue weighted by molar-refractivity contribution is 7.19. The van der Waals surface area contributed by atoms with E-state index in [1.165, 1.54) is 4.88 Å². The van der Waals surface area contributed by atoms with Crippen molar-refractivity contribution in [2.75, 3.05) is 26.3 Å². The molecule has 2 fully saturated rings. The van der Waals surface area contributed by atoms with Crippen LogP contribution in [0.25, 0.3) is 10.2 Å². The summed E-state index contributed by atoms with van der Waals surface area (Å²) in [5, 5.41) is 0.928. The molecule has 9 heteroatoms. The Morgan fingerprint density at radius 2 is 1.94 bits per heavy atom. The number of nitrogens with two attached hydrogens (primary N) is 1. The number of hydrogen-bond acceptors (Lipinski definition) is 8. The molecule has 1 amide bonds. The van der Waals surface area contributed by atoms with Crippen LogP contribution in [-0.2, 0) is 20.7 Å². The fraction of sp³-hybridized carbons (Fsp3) is 0.636. The molecule has 3 heterocycles. The summed E-state index contributed by atoms with van der Waals surface area (Å²) < 4.78 is 11.9. The van der Waals surface area contributed by atoms with Crippen molar-refractivity contribution in [1.82, 2.24) is 14.9 Å². The second-order valence-corrected chi connectivity index (χ2v) is 9.81. The lowest BCUT2D eigenvalue weighted by molar-refractivity contribution is -0.136. The van der Waals surface area contributed by atoms with E-state index >= 15 is 0 Å². The number of primary amides is 1. The van der Waals surface area contributed by atoms with Gasteiger partial charge in [-0.2, -0.15) is 0 Å². The van der Waals surface area contributed by atoms with Crippen LogP contribution in [0.3, 0.4) is 0 Å². The highest BCUT2D eigenvalue weighted by atomic mass is 32.1. The minimum Gasteiger partial charge on any atom is -0.474 e. The number of thiophene rings is 1. The maximum atomic E-state index is 12.0. The molecule has 1 aliphatic heterocycles. The highest BCUT2D eigenvalue weighted by Crippen LogP contribution is 2.47. The molecule has 2 aliphatic carbocycles. The van der Waals surface area contributed by atoms with Crippen molar-refractivity contribution in [2.45, 2.75) is 63.0 Å². The number of ketones is 1. The van der Waals surface area contributed by atoms with Crippen LogP contribution in [0.15, 0.2) is 6.33 Å². The van der Waals surface area contributed by atoms with E-state index in [4.69, 9.17) is 15.2 Å². The van der Waals surface area contributed by atoms with Gasteiger partial charge in [-0.1, -0.05) is 0 Å². The predicted molar refractivity (Wildman–Crippen MR) is 116 cm³/mol. The van der Waals surface area contributed by atoms with Crippen LogP contribution in [0.5, 0.6) is 5.88 Å². The molecule has 2 aromatic heterocycles. The van der Waals surface area contributed by atoms with Gasteiger partial charge in [0.2, 0.25) is 11.7 Å². The third kappa shape index (κ3) is 4.18. The van der Waals surface area contributed by atoms with E-state index in [9.17, 15) is 9.59 Å². The monoisotopic (exact) mass is 444 g/mol. The maximum absolute atomic E-state index is 12.0. The second-order valence-electron chi connectivity index (χ2n) is 8.72. The Balaban J connectivity index is 1.32. The van der Waals surface area contributed by atoms with Crippen LogP contribution in [0.1, 0.15) is 54.9 Å². The molecule has 2 N–H and O–H groups in total. The molecule has 1 atom stereocenters. The molecule has 0 radical (unpaired) electrons. The van der Waals surface area contributed by atoms with Crippen LogP contribution in [0, 0.1) is 0 Å². The first-order valence-corrected chi connectivity index (χ1v) is 12.0. The Hall–Kier alpha value is -2.10. The van der Waals surface area contributed by atoms with Crippen LogP contribution in [-0.4, -0.2) is 65.0 Å². The zero-order valence-electron chi connectivity index (χ0n) is 17.5. The Morgan fingerprint density at radius 1 is 1.16 bits per heavy atom. The normalized spacial score (nSPS) is 26.6. The molecule has 166 valence electrons. The number of fused-ring (bicyclic) bond motifs is 3. The summed E-state index contributed by atoms with van der Waals surface area (Å²) >= 11 is 1.64. The van der Waals surface area contributed by atoms with E-state index in [0.717, 1.165) is 80.6 Å². The van der Waals surface area contributed by atoms with E-state index in [1.54, 1.807) is 17.7 Å². The molecule has 1 saturated carbocycles. The van der Waals surface area contributed by atoms with Gasteiger partial charge in [-0.3, -0.25) is 14.5 Å². The topological polar surface area (TPSA) is 108 Å². The van der Waals surface area contributed by atoms with Crippen molar-refractivity contribution in [3.63, 3.8) is 0 Å². The Morgan fingerprint density at radius 3 is 2.68 bits per heavy atom. The number of carbonyl (C=O) groups is 2. The lowest BCUT2D eigenvalue weighted by Gasteiger charge is -2.38. The quantitative estimate of drug-likeness (QED) is 0.681. The lowest BCUT2D eigenvalue weighted by atomic mass is 9.91. The van der Waals surface area contributed by atoms with Gasteiger partial charge in [-0.15, -0.1) is 11.3 Å². The predicted octanol–water partition coefficient (Wildman–Crippen LogP) is 2.19. The van der Waals surface area contributed by atoms with E-state index in [1.807, 2.05) is 0 Å². The number of rotatable bonds is 6. The van der Waals surface area contributed by atoms with Gasteiger partial charge < -0.3 is 15.2 Å². The van der Waals surface area contributed by atoms with Crippen LogP contribution >= 0.6 is 11.3 Å². The van der Waals surface area contributed by atoms with Gasteiger partial charge in [0.25, 0.3) is 5.91 Å². The van der Waals surface area contributed by atoms with Gasteiger partial charge in [-0.05, 0) is 50.0 Å². The molecule has 5 rings (SSSR count). The summed E-state index contributed by atoms with van der Waals surface area (Å²) in [7, 11) is 0. The Kier molecular flexibility index (Phi) is 5.90. The summed E-state index contributed by atoms with van der Waals surface area (Å²) in [5.74, 6) is -0.777. The second kappa shape index (κ2) is 8.80. The summed E-state index contributed by atoms with van der Waals surface area (Å²) in [6, 6.07) is 0.615. The van der Waals surface area contributed by atoms with Gasteiger partial charge in [0.05, 0.1) is 18.6 Å². The van der Waals surface area contributed by atoms with Gasteiger partial charge in [0.1, 0.15) is 17.3 Å². The number of morpholine rings is 1. The summed E-state index contributed by atoms with van der Waals surface area (Å²) in [6.07, 6.45) is 7.82. The molecule has 31 heavy (non-hydrogen) atoms. The van der Waals surface area contributed by atoms with Crippen molar-refractivity contribution in [1.29, 1.82) is 0 Å². The highest BCUT2D eigenvalue weighted by Gasteiger charge is 2.33. The number of hydrogen-bond donors (Lipinski definition) is 1. The minimum atomic E-state index is -0.863. The molecule has 8 nitrogen and oxygen atoms in total. The smallest absolute Gasteiger partial charge is 0.284 e. The molecule has 0 aromatic carbocycles. The van der Waals surface area contributed by atoms with Crippen molar-refractivity contribution in [2.24, 2.45) is 5.73 Å². The average Bonchev–Trinajstić information content (AvgIpc) is 3.35. The van der Waals surface area contributed by atoms with Crippen molar-refractivity contribution < 1.29 is 19.1 Å². The number of nitrogens with zero attached hydrogens (tertiary/aromatic N) is 3. The van der Waals surface area contributed by atoms with Gasteiger partial charge >= 0.3 is 0 Å². The molecular weight excluding hydrogens is 416 g/mol. The number of amides is 1. The zero-order valence-corrected chi connectivity index (χ0v) is 18.4. The van der Waals surface area contributed by atoms with Crippen LogP contribution in [0.2, 0.25) is 0 Å². The standard InChI is InChI=1S/C22H28N4O4S/c23-20(28)16(27)11-13-1-6-17-18(13)19-21(24-12-25-22(19)31-17)30-15-4-2-14(3-5-15)26-7-9-29-10-8-26/h12-15H,1-11H2,(H2,23,28). The molecule has 2 aromatic rings. The molecule has 0 bridgehead atoms. The summed E-state index contributed by atoms with van der Waals surface area (Å²) in [5.41, 5.74) is 6.29. The Bertz CT molecular complexity index is 979. The van der Waals surface area contributed by atoms with E-state index < -0.39 is 11.7 Å². The number of Topliss-reactive ketones (excluding diaryl/α,β-unsaturated/α-hetero) is 1. The largest absolute Gasteiger partial charge is 0.474 e. The van der Waals surface area contributed by atoms with E-state index in [-0.39, 0.29) is 18.4 Å². The lowest BCUT2D eigenvalue weighted by Crippen LogP contribution is -2.46. The third-order valence-electron chi connectivity index (χ3n) is 6.89. The van der Waals surface area contributed by atoms with Gasteiger partial charge in [0.15, 0.2) is 0 Å². The van der Waals surface area contributed by atoms with Crippen molar-refractivity contribution in [3.05, 3.63) is 16.8 Å². The van der Waals surface area contributed by atoms with Crippen LogP contribution in [0.4, 0.5) is 0 Å². The van der Waals surface area contributed by atoms with Crippen molar-refractivity contribution in [3.8, 4) is 5.88 Å². The van der Waals surface area contributed by atoms with E-state index in [0.29, 0.717) is 11.9 Å². The first-order valence-electron chi connectivity index (χ1n) is 11.2. The fourth-order valence-electron chi connectivity index (χ4n) is 5.29. The average molecular weight is 445 g/mol. The third-order valence-corrected chi connectivity index (χ3v) is 8.06. The Labute approximate surface area is 185 Å². The van der Waals surface area contributed by atoms with Crippen LogP contribution < -0.4 is 10.5 Å². The first-order chi connectivity index (χ1) is 15.1. The maximum Gasteiger partial charge on any atom is 0.284 e. The van der Waals surface area contributed by atoms with Gasteiger partial charge in [-0.25, -0.2) is 9.97 Å². The number of aromatic nitrogens is 2. The van der Waals surface area contributed by atoms with Gasteiger partial charge in [0, 0.05) is 30.4 Å². The number of aryl methyl sites for hydroxylation is 1. The number of ether oxygens (including phenoxy) is 2. The van der Waals surface area contributed by atoms with Crippen molar-refractivity contribution >= 4 is 33.2 Å². The first kappa shape index (κ1) is 20.8. The minimum absolute atomic E-state index is 0.0193. The number of carbonyl (C=O) groups excluding carboxylic acids is 2. The van der Waals surface area contributed by atoms with E-state index in [2.05, 4.69) is 14.9 Å². The fourth-order valence-corrected chi connectivity index (χ4v) is 6.52. The molecule has 1 unspecified atom stereocenters. The summed E-state index contributed by atoms with van der Waals surface area (Å²) in [4.78, 5) is 36.9. The molecule has 3 aliphatic rings. The SMILES string of the molecule is NC(=O)C(=O)CC1CCc2sc3ncnc(OC4CCC(N5CCOCC5)CC4)c3c21. The summed E-state index contributed by atoms with van der Waals surface area (Å²) in [6.45, 7) is 3.71. The zero-order chi connectivity index (χ0) is 21.4.